The molecule has 1 aromatic rings. The lowest BCUT2D eigenvalue weighted by Crippen LogP contribution is -2.26. The van der Waals surface area contributed by atoms with Gasteiger partial charge in [-0.05, 0) is 18.9 Å². The summed E-state index contributed by atoms with van der Waals surface area (Å²) in [5, 5.41) is 0. The highest BCUT2D eigenvalue weighted by Gasteiger charge is 2.55. The van der Waals surface area contributed by atoms with Gasteiger partial charge in [-0.3, -0.25) is 0 Å². The molecule has 1 spiro atoms. The van der Waals surface area contributed by atoms with Gasteiger partial charge < -0.3 is 10.5 Å². The van der Waals surface area contributed by atoms with Crippen molar-refractivity contribution in [1.29, 1.82) is 0 Å². The Labute approximate surface area is 71.3 Å². The van der Waals surface area contributed by atoms with E-state index in [1.54, 1.807) is 0 Å². The van der Waals surface area contributed by atoms with E-state index in [0.29, 0.717) is 0 Å². The third-order valence-corrected chi connectivity index (χ3v) is 2.88. The average Bonchev–Trinajstić information content (AvgIpc) is 2.79. The molecule has 1 aromatic carbocycles. The predicted octanol–water partition coefficient (Wildman–Crippen LogP) is 1.61. The maximum atomic E-state index is 6.06. The van der Waals surface area contributed by atoms with Gasteiger partial charge in [-0.25, -0.2) is 0 Å². The van der Waals surface area contributed by atoms with Crippen LogP contribution in [0.1, 0.15) is 24.4 Å². The maximum absolute atomic E-state index is 6.06. The first-order chi connectivity index (χ1) is 5.82. The first kappa shape index (κ1) is 6.49. The second kappa shape index (κ2) is 1.83. The van der Waals surface area contributed by atoms with Crippen LogP contribution >= 0.6 is 0 Å². The van der Waals surface area contributed by atoms with Gasteiger partial charge in [0.1, 0.15) is 11.4 Å². The topological polar surface area (TPSA) is 35.2 Å². The predicted molar refractivity (Wildman–Crippen MR) is 46.0 cm³/mol. The SMILES string of the molecule is NC1c2ccccc2OC12CC2. The Kier molecular flexibility index (Phi) is 0.989. The van der Waals surface area contributed by atoms with E-state index < -0.39 is 0 Å². The molecule has 0 saturated heterocycles. The normalized spacial score (nSPS) is 28.2. The molecule has 0 amide bonds. The zero-order valence-electron chi connectivity index (χ0n) is 6.79. The van der Waals surface area contributed by atoms with Crippen LogP contribution in [0.3, 0.4) is 0 Å². The maximum Gasteiger partial charge on any atom is 0.129 e. The van der Waals surface area contributed by atoms with Gasteiger partial charge in [0, 0.05) is 5.56 Å². The van der Waals surface area contributed by atoms with Crippen molar-refractivity contribution in [2.75, 3.05) is 0 Å². The third kappa shape index (κ3) is 0.636. The highest BCUT2D eigenvalue weighted by Crippen LogP contribution is 2.55. The molecule has 1 heterocycles. The van der Waals surface area contributed by atoms with E-state index in [4.69, 9.17) is 10.5 Å². The molecule has 2 heteroatoms. The Bertz CT molecular complexity index is 330. The van der Waals surface area contributed by atoms with Gasteiger partial charge in [-0.1, -0.05) is 18.2 Å². The smallest absolute Gasteiger partial charge is 0.129 e. The van der Waals surface area contributed by atoms with E-state index in [1.165, 1.54) is 5.56 Å². The van der Waals surface area contributed by atoms with E-state index in [2.05, 4.69) is 6.07 Å². The average molecular weight is 161 g/mol. The summed E-state index contributed by atoms with van der Waals surface area (Å²) in [5.74, 6) is 0.988. The Morgan fingerprint density at radius 3 is 2.75 bits per heavy atom. The highest BCUT2D eigenvalue weighted by molar-refractivity contribution is 5.44. The second-order valence-corrected chi connectivity index (χ2v) is 3.68. The number of benzene rings is 1. The molecule has 1 saturated carbocycles. The van der Waals surface area contributed by atoms with Gasteiger partial charge in [0.25, 0.3) is 0 Å². The monoisotopic (exact) mass is 161 g/mol. The molecule has 0 bridgehead atoms. The zero-order valence-corrected chi connectivity index (χ0v) is 6.79. The summed E-state index contributed by atoms with van der Waals surface area (Å²) >= 11 is 0. The quantitative estimate of drug-likeness (QED) is 0.627. The van der Waals surface area contributed by atoms with Gasteiger partial charge in [0.05, 0.1) is 6.04 Å². The number of rotatable bonds is 0. The number of hydrogen-bond donors (Lipinski definition) is 1. The number of ether oxygens (including phenoxy) is 1. The number of hydrogen-bond acceptors (Lipinski definition) is 2. The van der Waals surface area contributed by atoms with Crippen LogP contribution in [-0.2, 0) is 0 Å². The van der Waals surface area contributed by atoms with Gasteiger partial charge in [0.15, 0.2) is 0 Å². The van der Waals surface area contributed by atoms with Crippen molar-refractivity contribution in [3.63, 3.8) is 0 Å². The van der Waals surface area contributed by atoms with Crippen LogP contribution in [0.5, 0.6) is 5.75 Å². The molecule has 0 radical (unpaired) electrons. The lowest BCUT2D eigenvalue weighted by Gasteiger charge is -2.11. The first-order valence-electron chi connectivity index (χ1n) is 4.35. The van der Waals surface area contributed by atoms with E-state index in [-0.39, 0.29) is 11.6 Å². The number of nitrogens with two attached hydrogens (primary N) is 1. The summed E-state index contributed by atoms with van der Waals surface area (Å²) in [7, 11) is 0. The van der Waals surface area contributed by atoms with Crippen LogP contribution < -0.4 is 10.5 Å². The molecule has 1 aliphatic heterocycles. The molecule has 1 fully saturated rings. The summed E-state index contributed by atoms with van der Waals surface area (Å²) in [5.41, 5.74) is 7.23. The molecule has 1 unspecified atom stereocenters. The van der Waals surface area contributed by atoms with Crippen LogP contribution in [0.2, 0.25) is 0 Å². The molecular formula is C10H11NO. The minimum atomic E-state index is -0.0102. The first-order valence-corrected chi connectivity index (χ1v) is 4.35. The Balaban J connectivity index is 2.13. The third-order valence-electron chi connectivity index (χ3n) is 2.88. The minimum absolute atomic E-state index is 0.0102. The fourth-order valence-corrected chi connectivity index (χ4v) is 1.93. The van der Waals surface area contributed by atoms with E-state index in [9.17, 15) is 0 Å². The Morgan fingerprint density at radius 2 is 2.08 bits per heavy atom. The summed E-state index contributed by atoms with van der Waals surface area (Å²) in [6.07, 6.45) is 2.23. The van der Waals surface area contributed by atoms with Gasteiger partial charge >= 0.3 is 0 Å². The minimum Gasteiger partial charge on any atom is -0.485 e. The van der Waals surface area contributed by atoms with E-state index in [0.717, 1.165) is 18.6 Å². The van der Waals surface area contributed by atoms with Crippen molar-refractivity contribution in [2.24, 2.45) is 5.73 Å². The fourth-order valence-electron chi connectivity index (χ4n) is 1.93. The standard InChI is InChI=1S/C10H11NO/c11-9-7-3-1-2-4-8(7)12-10(9)5-6-10/h1-4,9H,5-6,11H2. The Hall–Kier alpha value is -1.02. The van der Waals surface area contributed by atoms with Crippen molar-refractivity contribution in [3.8, 4) is 5.75 Å². The molecular weight excluding hydrogens is 150 g/mol. The van der Waals surface area contributed by atoms with Crippen molar-refractivity contribution in [2.45, 2.75) is 24.5 Å². The number of para-hydroxylation sites is 1. The molecule has 2 aliphatic rings. The lowest BCUT2D eigenvalue weighted by atomic mass is 10.0. The van der Waals surface area contributed by atoms with Gasteiger partial charge in [-0.2, -0.15) is 0 Å². The number of fused-ring (bicyclic) bond motifs is 1. The van der Waals surface area contributed by atoms with Crippen LogP contribution in [0.25, 0.3) is 0 Å². The largest absolute Gasteiger partial charge is 0.485 e. The molecule has 1 aliphatic carbocycles. The second-order valence-electron chi connectivity index (χ2n) is 3.68. The van der Waals surface area contributed by atoms with E-state index >= 15 is 0 Å². The zero-order chi connectivity index (χ0) is 8.18. The lowest BCUT2D eigenvalue weighted by molar-refractivity contribution is 0.183. The molecule has 12 heavy (non-hydrogen) atoms. The molecule has 2 N–H and O–H groups in total. The summed E-state index contributed by atoms with van der Waals surface area (Å²) in [6, 6.07) is 8.18. The molecule has 2 nitrogen and oxygen atoms in total. The summed E-state index contributed by atoms with van der Waals surface area (Å²) in [6.45, 7) is 0. The van der Waals surface area contributed by atoms with Crippen molar-refractivity contribution in [3.05, 3.63) is 29.8 Å². The highest BCUT2D eigenvalue weighted by atomic mass is 16.5. The molecule has 62 valence electrons. The van der Waals surface area contributed by atoms with Crippen molar-refractivity contribution >= 4 is 0 Å². The van der Waals surface area contributed by atoms with Gasteiger partial charge in [0.2, 0.25) is 0 Å². The van der Waals surface area contributed by atoms with E-state index in [1.807, 2.05) is 18.2 Å². The molecule has 3 rings (SSSR count). The van der Waals surface area contributed by atoms with Crippen molar-refractivity contribution < 1.29 is 4.74 Å². The van der Waals surface area contributed by atoms with Crippen LogP contribution in [0, 0.1) is 0 Å². The Morgan fingerprint density at radius 1 is 1.33 bits per heavy atom. The van der Waals surface area contributed by atoms with Crippen molar-refractivity contribution in [1.82, 2.24) is 0 Å². The summed E-state index contributed by atoms with van der Waals surface area (Å²) < 4.78 is 5.79. The fraction of sp³-hybridized carbons (Fsp3) is 0.400. The molecule has 1 atom stereocenters. The molecule has 0 aromatic heterocycles. The van der Waals surface area contributed by atoms with Gasteiger partial charge in [-0.15, -0.1) is 0 Å². The summed E-state index contributed by atoms with van der Waals surface area (Å²) in [4.78, 5) is 0. The van der Waals surface area contributed by atoms with Crippen LogP contribution in [0.4, 0.5) is 0 Å². The van der Waals surface area contributed by atoms with Crippen LogP contribution in [0.15, 0.2) is 24.3 Å². The van der Waals surface area contributed by atoms with Crippen LogP contribution in [-0.4, -0.2) is 5.60 Å².